The minimum atomic E-state index is -3.69. The molecule has 0 bridgehead atoms. The van der Waals surface area contributed by atoms with Crippen LogP contribution in [-0.4, -0.2) is 58.9 Å². The number of benzene rings is 1. The van der Waals surface area contributed by atoms with Gasteiger partial charge < -0.3 is 4.90 Å². The maximum Gasteiger partial charge on any atom is 0.218 e. The molecule has 1 fully saturated rings. The fourth-order valence-electron chi connectivity index (χ4n) is 3.34. The second kappa shape index (κ2) is 8.07. The van der Waals surface area contributed by atoms with Crippen molar-refractivity contribution in [3.05, 3.63) is 65.5 Å². The quantitative estimate of drug-likeness (QED) is 0.610. The Bertz CT molecular complexity index is 1120. The van der Waals surface area contributed by atoms with E-state index in [-0.39, 0.29) is 18.7 Å². The van der Waals surface area contributed by atoms with Gasteiger partial charge in [0.1, 0.15) is 11.6 Å². The van der Waals surface area contributed by atoms with Crippen LogP contribution in [0.2, 0.25) is 0 Å². The van der Waals surface area contributed by atoms with Gasteiger partial charge in [-0.1, -0.05) is 0 Å². The lowest BCUT2D eigenvalue weighted by Crippen LogP contribution is -2.49. The number of hydrogen-bond acceptors (Lipinski definition) is 6. The Kier molecular flexibility index (Phi) is 5.48. The Balaban J connectivity index is 1.39. The molecule has 4 rings (SSSR count). The van der Waals surface area contributed by atoms with Crippen molar-refractivity contribution >= 4 is 15.8 Å². The number of aryl methyl sites for hydroxylation is 1. The van der Waals surface area contributed by atoms with Gasteiger partial charge in [-0.25, -0.2) is 21.9 Å². The van der Waals surface area contributed by atoms with Gasteiger partial charge in [0.05, 0.1) is 11.4 Å². The van der Waals surface area contributed by atoms with Crippen LogP contribution in [0.25, 0.3) is 5.82 Å². The first-order valence-corrected chi connectivity index (χ1v) is 11.0. The monoisotopic (exact) mass is 434 g/mol. The van der Waals surface area contributed by atoms with Gasteiger partial charge in [-0.2, -0.15) is 9.40 Å². The Hall–Kier alpha value is -2.92. The van der Waals surface area contributed by atoms with Crippen LogP contribution in [0.4, 0.5) is 14.6 Å². The molecule has 1 aromatic carbocycles. The smallest absolute Gasteiger partial charge is 0.218 e. The zero-order valence-electron chi connectivity index (χ0n) is 16.2. The van der Waals surface area contributed by atoms with Gasteiger partial charge in [0.15, 0.2) is 11.6 Å². The maximum atomic E-state index is 13.3. The molecule has 0 N–H and O–H groups in total. The summed E-state index contributed by atoms with van der Waals surface area (Å²) in [6.45, 7) is 3.26. The maximum absolute atomic E-state index is 13.3. The van der Waals surface area contributed by atoms with Crippen molar-refractivity contribution in [2.45, 2.75) is 12.7 Å². The SMILES string of the molecule is Cc1ccn(-c2ccc(N3CCN(S(=O)(=O)Cc4cc(F)cc(F)c4)CC3)nn2)n1. The average Bonchev–Trinajstić information content (AvgIpc) is 3.13. The van der Waals surface area contributed by atoms with Crippen LogP contribution in [0.15, 0.2) is 42.6 Å². The summed E-state index contributed by atoms with van der Waals surface area (Å²) in [6.07, 6.45) is 1.80. The van der Waals surface area contributed by atoms with E-state index in [0.717, 1.165) is 17.8 Å². The summed E-state index contributed by atoms with van der Waals surface area (Å²) >= 11 is 0. The van der Waals surface area contributed by atoms with Gasteiger partial charge in [0.25, 0.3) is 0 Å². The van der Waals surface area contributed by atoms with Crippen molar-refractivity contribution in [1.82, 2.24) is 24.3 Å². The van der Waals surface area contributed by atoms with Crippen molar-refractivity contribution in [1.29, 1.82) is 0 Å². The molecule has 0 spiro atoms. The first-order chi connectivity index (χ1) is 14.3. The van der Waals surface area contributed by atoms with Crippen LogP contribution in [-0.2, 0) is 15.8 Å². The van der Waals surface area contributed by atoms with E-state index in [1.807, 2.05) is 24.0 Å². The van der Waals surface area contributed by atoms with Crippen LogP contribution in [0.1, 0.15) is 11.3 Å². The number of hydrogen-bond donors (Lipinski definition) is 0. The molecular weight excluding hydrogens is 414 g/mol. The van der Waals surface area contributed by atoms with E-state index in [1.54, 1.807) is 16.9 Å². The third-order valence-corrected chi connectivity index (χ3v) is 6.67. The Morgan fingerprint density at radius 3 is 2.13 bits per heavy atom. The third-order valence-electron chi connectivity index (χ3n) is 4.82. The molecule has 158 valence electrons. The van der Waals surface area contributed by atoms with Gasteiger partial charge in [0, 0.05) is 38.4 Å². The van der Waals surface area contributed by atoms with E-state index >= 15 is 0 Å². The molecule has 2 aromatic heterocycles. The summed E-state index contributed by atoms with van der Waals surface area (Å²) in [7, 11) is -3.69. The Labute approximate surface area is 172 Å². The topological polar surface area (TPSA) is 84.2 Å². The first-order valence-electron chi connectivity index (χ1n) is 9.34. The van der Waals surface area contributed by atoms with E-state index in [9.17, 15) is 17.2 Å². The van der Waals surface area contributed by atoms with Crippen molar-refractivity contribution in [3.63, 3.8) is 0 Å². The van der Waals surface area contributed by atoms with Crippen molar-refractivity contribution in [3.8, 4) is 5.82 Å². The average molecular weight is 434 g/mol. The van der Waals surface area contributed by atoms with Gasteiger partial charge in [-0.15, -0.1) is 10.2 Å². The van der Waals surface area contributed by atoms with E-state index < -0.39 is 27.4 Å². The standard InChI is InChI=1S/C19H20F2N6O2S/c1-14-4-5-27(24-14)19-3-2-18(22-23-19)25-6-8-26(9-7-25)30(28,29)13-15-10-16(20)12-17(21)11-15/h2-5,10-12H,6-9,13H2,1H3. The van der Waals surface area contributed by atoms with E-state index in [0.29, 0.717) is 30.8 Å². The number of piperazine rings is 1. The second-order valence-electron chi connectivity index (χ2n) is 7.07. The van der Waals surface area contributed by atoms with Gasteiger partial charge in [-0.3, -0.25) is 0 Å². The highest BCUT2D eigenvalue weighted by Gasteiger charge is 2.28. The number of anilines is 1. The number of nitrogens with zero attached hydrogens (tertiary/aromatic N) is 6. The second-order valence-corrected chi connectivity index (χ2v) is 9.04. The van der Waals surface area contributed by atoms with Crippen molar-refractivity contribution in [2.24, 2.45) is 0 Å². The normalized spacial score (nSPS) is 15.5. The zero-order chi connectivity index (χ0) is 21.3. The molecule has 0 saturated carbocycles. The van der Waals surface area contributed by atoms with Gasteiger partial charge in [-0.05, 0) is 42.8 Å². The fraction of sp³-hybridized carbons (Fsp3) is 0.316. The van der Waals surface area contributed by atoms with Crippen LogP contribution in [0, 0.1) is 18.6 Å². The molecule has 3 aromatic rings. The molecule has 8 nitrogen and oxygen atoms in total. The van der Waals surface area contributed by atoms with Gasteiger partial charge >= 0.3 is 0 Å². The molecule has 1 saturated heterocycles. The van der Waals surface area contributed by atoms with Crippen LogP contribution < -0.4 is 4.90 Å². The zero-order valence-corrected chi connectivity index (χ0v) is 17.1. The molecule has 0 aliphatic carbocycles. The molecule has 0 unspecified atom stereocenters. The first kappa shape index (κ1) is 20.4. The largest absolute Gasteiger partial charge is 0.352 e. The van der Waals surface area contributed by atoms with Crippen LogP contribution in [0.3, 0.4) is 0 Å². The molecule has 0 amide bonds. The number of aromatic nitrogens is 4. The summed E-state index contributed by atoms with van der Waals surface area (Å²) < 4.78 is 55.0. The predicted octanol–water partition coefficient (Wildman–Crippen LogP) is 1.90. The Morgan fingerprint density at radius 1 is 0.933 bits per heavy atom. The van der Waals surface area contributed by atoms with Crippen LogP contribution in [0.5, 0.6) is 0 Å². The van der Waals surface area contributed by atoms with Crippen molar-refractivity contribution < 1.29 is 17.2 Å². The lowest BCUT2D eigenvalue weighted by atomic mass is 10.2. The molecule has 1 aliphatic rings. The summed E-state index contributed by atoms with van der Waals surface area (Å²) in [5.41, 5.74) is 0.962. The van der Waals surface area contributed by atoms with E-state index in [1.165, 1.54) is 4.31 Å². The fourth-order valence-corrected chi connectivity index (χ4v) is 4.83. The number of halogens is 2. The highest BCUT2D eigenvalue weighted by molar-refractivity contribution is 7.88. The highest BCUT2D eigenvalue weighted by atomic mass is 32.2. The molecule has 0 atom stereocenters. The molecule has 1 aliphatic heterocycles. The predicted molar refractivity (Wildman–Crippen MR) is 107 cm³/mol. The molecular formula is C19H20F2N6O2S. The molecule has 30 heavy (non-hydrogen) atoms. The highest BCUT2D eigenvalue weighted by Crippen LogP contribution is 2.19. The van der Waals surface area contributed by atoms with E-state index in [4.69, 9.17) is 0 Å². The number of sulfonamides is 1. The third kappa shape index (κ3) is 4.46. The summed E-state index contributed by atoms with van der Waals surface area (Å²) in [5.74, 6) is -0.795. The van der Waals surface area contributed by atoms with Gasteiger partial charge in [0.2, 0.25) is 10.0 Å². The van der Waals surface area contributed by atoms with Crippen molar-refractivity contribution in [2.75, 3.05) is 31.1 Å². The molecule has 0 radical (unpaired) electrons. The minimum absolute atomic E-state index is 0.0882. The summed E-state index contributed by atoms with van der Waals surface area (Å²) in [5, 5.41) is 12.7. The molecule has 11 heteroatoms. The lowest BCUT2D eigenvalue weighted by molar-refractivity contribution is 0.383. The van der Waals surface area contributed by atoms with E-state index in [2.05, 4.69) is 15.3 Å². The summed E-state index contributed by atoms with van der Waals surface area (Å²) in [6, 6.07) is 8.28. The minimum Gasteiger partial charge on any atom is -0.352 e. The lowest BCUT2D eigenvalue weighted by Gasteiger charge is -2.34. The summed E-state index contributed by atoms with van der Waals surface area (Å²) in [4.78, 5) is 1.94. The Morgan fingerprint density at radius 2 is 1.57 bits per heavy atom. The molecule has 3 heterocycles. The van der Waals surface area contributed by atoms with Crippen LogP contribution >= 0.6 is 0 Å². The number of rotatable bonds is 5.